The summed E-state index contributed by atoms with van der Waals surface area (Å²) >= 11 is 1.30. The highest BCUT2D eigenvalue weighted by atomic mass is 32.2. The maximum absolute atomic E-state index is 13.2. The summed E-state index contributed by atoms with van der Waals surface area (Å²) in [6.07, 6.45) is 0. The zero-order valence-electron chi connectivity index (χ0n) is 12.3. The Morgan fingerprint density at radius 2 is 1.91 bits per heavy atom. The van der Waals surface area contributed by atoms with Crippen molar-refractivity contribution >= 4 is 35.0 Å². The fourth-order valence-corrected chi connectivity index (χ4v) is 4.43. The number of hydrogen-bond acceptors (Lipinski definition) is 3. The Morgan fingerprint density at radius 3 is 2.65 bits per heavy atom. The summed E-state index contributed by atoms with van der Waals surface area (Å²) in [5.41, 5.74) is 3.03. The number of halogens is 1. The maximum Gasteiger partial charge on any atom is 0.266 e. The van der Waals surface area contributed by atoms with Crippen molar-refractivity contribution in [2.24, 2.45) is 0 Å². The first-order valence-electron chi connectivity index (χ1n) is 7.17. The molecule has 4 nitrogen and oxygen atoms in total. The number of carbonyl (C=O) groups excluding carboxylic acids is 2. The van der Waals surface area contributed by atoms with Crippen molar-refractivity contribution in [3.8, 4) is 0 Å². The van der Waals surface area contributed by atoms with Crippen LogP contribution in [0, 0.1) is 12.7 Å². The molecule has 2 aliphatic heterocycles. The smallest absolute Gasteiger partial charge is 0.266 e. The molecule has 2 aromatic rings. The highest BCUT2D eigenvalue weighted by Gasteiger charge is 2.58. The van der Waals surface area contributed by atoms with Gasteiger partial charge in [-0.3, -0.25) is 14.5 Å². The van der Waals surface area contributed by atoms with E-state index in [2.05, 4.69) is 5.32 Å². The zero-order valence-corrected chi connectivity index (χ0v) is 13.1. The van der Waals surface area contributed by atoms with Gasteiger partial charge in [0.05, 0.1) is 5.75 Å². The van der Waals surface area contributed by atoms with Crippen LogP contribution in [0.4, 0.5) is 15.8 Å². The van der Waals surface area contributed by atoms with Gasteiger partial charge in [0, 0.05) is 16.9 Å². The molecule has 0 bridgehead atoms. The molecule has 1 spiro atoms. The van der Waals surface area contributed by atoms with Gasteiger partial charge in [-0.25, -0.2) is 4.39 Å². The van der Waals surface area contributed by atoms with Crippen molar-refractivity contribution in [3.63, 3.8) is 0 Å². The second-order valence-corrected chi connectivity index (χ2v) is 6.81. The predicted octanol–water partition coefficient (Wildman–Crippen LogP) is 3.02. The van der Waals surface area contributed by atoms with Crippen LogP contribution in [-0.4, -0.2) is 17.6 Å². The van der Waals surface area contributed by atoms with Crippen molar-refractivity contribution in [3.05, 3.63) is 59.4 Å². The second-order valence-electron chi connectivity index (χ2n) is 5.64. The number of fused-ring (bicyclic) bond motifs is 2. The van der Waals surface area contributed by atoms with Gasteiger partial charge in [-0.2, -0.15) is 0 Å². The summed E-state index contributed by atoms with van der Waals surface area (Å²) in [5.74, 6) is -0.573. The van der Waals surface area contributed by atoms with Gasteiger partial charge in [-0.15, -0.1) is 11.8 Å². The molecule has 2 amide bonds. The van der Waals surface area contributed by atoms with Crippen molar-refractivity contribution in [1.82, 2.24) is 0 Å². The minimum atomic E-state index is -1.11. The summed E-state index contributed by atoms with van der Waals surface area (Å²) in [7, 11) is 0. The van der Waals surface area contributed by atoms with E-state index >= 15 is 0 Å². The van der Waals surface area contributed by atoms with Crippen LogP contribution in [0.3, 0.4) is 0 Å². The molecule has 6 heteroatoms. The number of aryl methyl sites for hydroxylation is 1. The molecule has 2 aliphatic rings. The number of nitrogens with one attached hydrogen (secondary N) is 1. The third-order valence-corrected chi connectivity index (χ3v) is 5.55. The van der Waals surface area contributed by atoms with Gasteiger partial charge in [0.2, 0.25) is 10.8 Å². The van der Waals surface area contributed by atoms with E-state index in [9.17, 15) is 14.0 Å². The average Bonchev–Trinajstić information content (AvgIpc) is 3.01. The molecular formula is C17H13FN2O2S. The van der Waals surface area contributed by atoms with E-state index in [1.165, 1.54) is 40.9 Å². The molecule has 0 aromatic heterocycles. The summed E-state index contributed by atoms with van der Waals surface area (Å²) in [5, 5.41) is 2.86. The SMILES string of the molecule is Cc1ccc2c(c1)C1(SCC(=O)N1c1ccc(F)cc1)C(=O)N2. The minimum Gasteiger partial charge on any atom is -0.323 e. The Hall–Kier alpha value is -2.34. The highest BCUT2D eigenvalue weighted by Crippen LogP contribution is 2.53. The van der Waals surface area contributed by atoms with E-state index in [0.29, 0.717) is 5.69 Å². The third kappa shape index (κ3) is 1.91. The van der Waals surface area contributed by atoms with Gasteiger partial charge < -0.3 is 5.32 Å². The van der Waals surface area contributed by atoms with Crippen LogP contribution in [-0.2, 0) is 14.5 Å². The molecule has 0 aliphatic carbocycles. The lowest BCUT2D eigenvalue weighted by molar-refractivity contribution is -0.122. The predicted molar refractivity (Wildman–Crippen MR) is 87.8 cm³/mol. The van der Waals surface area contributed by atoms with Crippen LogP contribution < -0.4 is 10.2 Å². The molecule has 1 fully saturated rings. The fraction of sp³-hybridized carbons (Fsp3) is 0.176. The van der Waals surface area contributed by atoms with Crippen molar-refractivity contribution in [1.29, 1.82) is 0 Å². The molecular weight excluding hydrogens is 315 g/mol. The first kappa shape index (κ1) is 14.3. The van der Waals surface area contributed by atoms with Gasteiger partial charge in [-0.05, 0) is 37.3 Å². The molecule has 23 heavy (non-hydrogen) atoms. The Balaban J connectivity index is 1.93. The zero-order chi connectivity index (χ0) is 16.2. The Kier molecular flexibility index (Phi) is 2.99. The monoisotopic (exact) mass is 328 g/mol. The summed E-state index contributed by atoms with van der Waals surface area (Å²) in [6, 6.07) is 11.3. The second kappa shape index (κ2) is 4.83. The van der Waals surface area contributed by atoms with Gasteiger partial charge in [0.15, 0.2) is 0 Å². The lowest BCUT2D eigenvalue weighted by Crippen LogP contribution is -2.47. The fourth-order valence-electron chi connectivity index (χ4n) is 3.13. The largest absolute Gasteiger partial charge is 0.323 e. The van der Waals surface area contributed by atoms with Gasteiger partial charge >= 0.3 is 0 Å². The van der Waals surface area contributed by atoms with Crippen LogP contribution in [0.2, 0.25) is 0 Å². The maximum atomic E-state index is 13.2. The molecule has 0 saturated carbocycles. The molecule has 116 valence electrons. The number of benzene rings is 2. The third-order valence-electron chi connectivity index (χ3n) is 4.15. The average molecular weight is 328 g/mol. The van der Waals surface area contributed by atoms with Crippen LogP contribution in [0.5, 0.6) is 0 Å². The van der Waals surface area contributed by atoms with Crippen LogP contribution in [0.1, 0.15) is 11.1 Å². The Morgan fingerprint density at radius 1 is 1.17 bits per heavy atom. The summed E-state index contributed by atoms with van der Waals surface area (Å²) in [4.78, 5) is 25.6. The van der Waals surface area contributed by atoms with Crippen LogP contribution >= 0.6 is 11.8 Å². The number of hydrogen-bond donors (Lipinski definition) is 1. The molecule has 0 radical (unpaired) electrons. The van der Waals surface area contributed by atoms with E-state index in [1.54, 1.807) is 0 Å². The molecule has 2 aromatic carbocycles. The Labute approximate surface area is 136 Å². The minimum absolute atomic E-state index is 0.161. The topological polar surface area (TPSA) is 49.4 Å². The number of anilines is 2. The molecule has 4 rings (SSSR count). The number of carbonyl (C=O) groups is 2. The molecule has 1 unspecified atom stereocenters. The Bertz CT molecular complexity index is 837. The molecule has 1 atom stereocenters. The van der Waals surface area contributed by atoms with E-state index in [4.69, 9.17) is 0 Å². The first-order chi connectivity index (χ1) is 11.0. The molecule has 2 heterocycles. The van der Waals surface area contributed by atoms with Crippen LogP contribution in [0.15, 0.2) is 42.5 Å². The van der Waals surface area contributed by atoms with E-state index in [1.807, 2.05) is 25.1 Å². The highest BCUT2D eigenvalue weighted by molar-refractivity contribution is 8.02. The van der Waals surface area contributed by atoms with Crippen molar-refractivity contribution in [2.45, 2.75) is 11.8 Å². The van der Waals surface area contributed by atoms with Crippen molar-refractivity contribution < 1.29 is 14.0 Å². The quantitative estimate of drug-likeness (QED) is 0.875. The standard InChI is InChI=1S/C17H13FN2O2S/c1-10-2-7-14-13(8-10)17(16(22)19-14)20(15(21)9-23-17)12-5-3-11(18)4-6-12/h2-8H,9H2,1H3,(H,19,22). The normalized spacial score (nSPS) is 22.6. The number of rotatable bonds is 1. The van der Waals surface area contributed by atoms with Crippen LogP contribution in [0.25, 0.3) is 0 Å². The van der Waals surface area contributed by atoms with E-state index in [-0.39, 0.29) is 23.4 Å². The molecule has 1 saturated heterocycles. The first-order valence-corrected chi connectivity index (χ1v) is 8.16. The number of thioether (sulfide) groups is 1. The summed E-state index contributed by atoms with van der Waals surface area (Å²) < 4.78 is 13.2. The van der Waals surface area contributed by atoms with Crippen molar-refractivity contribution in [2.75, 3.05) is 16.0 Å². The van der Waals surface area contributed by atoms with Gasteiger partial charge in [-0.1, -0.05) is 17.7 Å². The summed E-state index contributed by atoms with van der Waals surface area (Å²) in [6.45, 7) is 1.94. The van der Waals surface area contributed by atoms with Gasteiger partial charge in [0.25, 0.3) is 5.91 Å². The lowest BCUT2D eigenvalue weighted by Gasteiger charge is -2.32. The molecule has 1 N–H and O–H groups in total. The lowest BCUT2D eigenvalue weighted by atomic mass is 10.0. The van der Waals surface area contributed by atoms with E-state index in [0.717, 1.165) is 16.8 Å². The van der Waals surface area contributed by atoms with E-state index < -0.39 is 4.87 Å². The van der Waals surface area contributed by atoms with Gasteiger partial charge in [0.1, 0.15) is 5.82 Å². The number of amides is 2. The number of nitrogens with zero attached hydrogens (tertiary/aromatic N) is 1.